The first-order chi connectivity index (χ1) is 11.0. The van der Waals surface area contributed by atoms with Crippen molar-refractivity contribution in [3.8, 4) is 0 Å². The molecule has 1 atom stereocenters. The maximum absolute atomic E-state index is 11.8. The minimum Gasteiger partial charge on any atom is -0.353 e. The first kappa shape index (κ1) is 16.3. The molecule has 7 heteroatoms. The number of anilines is 1. The third-order valence-corrected chi connectivity index (χ3v) is 6.99. The lowest BCUT2D eigenvalue weighted by atomic mass is 10.2. The van der Waals surface area contributed by atoms with Gasteiger partial charge in [-0.2, -0.15) is 0 Å². The molecular formula is C16H19N3O2S2. The Kier molecular flexibility index (Phi) is 4.87. The molecule has 1 saturated heterocycles. The van der Waals surface area contributed by atoms with Crippen molar-refractivity contribution >= 4 is 27.4 Å². The van der Waals surface area contributed by atoms with Crippen LogP contribution in [0.3, 0.4) is 0 Å². The normalized spacial score (nSPS) is 20.4. The van der Waals surface area contributed by atoms with E-state index in [4.69, 9.17) is 0 Å². The van der Waals surface area contributed by atoms with Gasteiger partial charge >= 0.3 is 0 Å². The van der Waals surface area contributed by atoms with Crippen molar-refractivity contribution in [3.05, 3.63) is 48.3 Å². The van der Waals surface area contributed by atoms with E-state index in [1.165, 1.54) is 5.56 Å². The summed E-state index contributed by atoms with van der Waals surface area (Å²) in [5.74, 6) is 1.77. The molecule has 2 heterocycles. The lowest BCUT2D eigenvalue weighted by Gasteiger charge is -2.31. The van der Waals surface area contributed by atoms with Gasteiger partial charge in [0.15, 0.2) is 9.84 Å². The molecule has 0 radical (unpaired) electrons. The topological polar surface area (TPSA) is 63.2 Å². The van der Waals surface area contributed by atoms with Crippen molar-refractivity contribution in [3.63, 3.8) is 0 Å². The van der Waals surface area contributed by atoms with E-state index in [0.29, 0.717) is 13.1 Å². The molecule has 0 N–H and O–H groups in total. The summed E-state index contributed by atoms with van der Waals surface area (Å²) in [4.78, 5) is 10.9. The molecule has 1 aromatic heterocycles. The van der Waals surface area contributed by atoms with Crippen LogP contribution in [0.15, 0.2) is 47.8 Å². The van der Waals surface area contributed by atoms with E-state index >= 15 is 0 Å². The summed E-state index contributed by atoms with van der Waals surface area (Å²) in [6, 6.07) is 10.2. The Morgan fingerprint density at radius 1 is 1.26 bits per heavy atom. The molecule has 1 aromatic carbocycles. The van der Waals surface area contributed by atoms with Crippen LogP contribution in [0.1, 0.15) is 12.5 Å². The standard InChI is InChI=1S/C16H19N3O2S2/c1-13-11-19(7-8-23(13,20)21)15-9-17-10-16(18-15)22-12-14-5-3-2-4-6-14/h2-6,9-10,13H,7-8,11-12H2,1H3. The zero-order valence-electron chi connectivity index (χ0n) is 12.9. The molecule has 0 amide bonds. The molecule has 3 rings (SSSR count). The summed E-state index contributed by atoms with van der Waals surface area (Å²) in [7, 11) is -2.95. The predicted octanol–water partition coefficient (Wildman–Crippen LogP) is 2.39. The highest BCUT2D eigenvalue weighted by Gasteiger charge is 2.30. The number of benzene rings is 1. The SMILES string of the molecule is CC1CN(c2cncc(SCc3ccccc3)n2)CCS1(=O)=O. The monoisotopic (exact) mass is 349 g/mol. The summed E-state index contributed by atoms with van der Waals surface area (Å²) in [5.41, 5.74) is 1.24. The molecule has 5 nitrogen and oxygen atoms in total. The Balaban J connectivity index is 1.68. The number of thioether (sulfide) groups is 1. The van der Waals surface area contributed by atoms with Gasteiger partial charge in [-0.1, -0.05) is 30.3 Å². The zero-order chi connectivity index (χ0) is 16.3. The Morgan fingerprint density at radius 3 is 2.78 bits per heavy atom. The number of hydrogen-bond acceptors (Lipinski definition) is 6. The van der Waals surface area contributed by atoms with Crippen molar-refractivity contribution < 1.29 is 8.42 Å². The second-order valence-corrected chi connectivity index (χ2v) is 9.15. The van der Waals surface area contributed by atoms with Crippen molar-refractivity contribution in [2.45, 2.75) is 23.0 Å². The number of nitrogens with zero attached hydrogens (tertiary/aromatic N) is 3. The second kappa shape index (κ2) is 6.88. The van der Waals surface area contributed by atoms with Gasteiger partial charge in [-0.05, 0) is 12.5 Å². The fourth-order valence-corrected chi connectivity index (χ4v) is 4.54. The Labute approximate surface area is 141 Å². The molecule has 0 aliphatic carbocycles. The molecule has 0 saturated carbocycles. The molecule has 23 heavy (non-hydrogen) atoms. The highest BCUT2D eigenvalue weighted by atomic mass is 32.2. The minimum absolute atomic E-state index is 0.178. The van der Waals surface area contributed by atoms with Crippen LogP contribution in [0, 0.1) is 0 Å². The smallest absolute Gasteiger partial charge is 0.156 e. The summed E-state index contributed by atoms with van der Waals surface area (Å²) < 4.78 is 23.6. The van der Waals surface area contributed by atoms with E-state index in [1.807, 2.05) is 23.1 Å². The third-order valence-electron chi connectivity index (χ3n) is 3.89. The van der Waals surface area contributed by atoms with Gasteiger partial charge in [-0.15, -0.1) is 11.8 Å². The van der Waals surface area contributed by atoms with Gasteiger partial charge in [-0.25, -0.2) is 13.4 Å². The van der Waals surface area contributed by atoms with Crippen LogP contribution < -0.4 is 4.90 Å². The van der Waals surface area contributed by atoms with E-state index in [1.54, 1.807) is 31.1 Å². The van der Waals surface area contributed by atoms with Gasteiger partial charge in [0, 0.05) is 18.8 Å². The highest BCUT2D eigenvalue weighted by molar-refractivity contribution is 7.98. The minimum atomic E-state index is -2.95. The summed E-state index contributed by atoms with van der Waals surface area (Å²) in [6.07, 6.45) is 3.46. The predicted molar refractivity (Wildman–Crippen MR) is 93.5 cm³/mol. The van der Waals surface area contributed by atoms with Gasteiger partial charge < -0.3 is 4.90 Å². The van der Waals surface area contributed by atoms with Crippen LogP contribution in [-0.4, -0.2) is 42.5 Å². The summed E-state index contributed by atoms with van der Waals surface area (Å²) in [5, 5.41) is 0.492. The number of sulfone groups is 1. The summed E-state index contributed by atoms with van der Waals surface area (Å²) >= 11 is 1.63. The van der Waals surface area contributed by atoms with Crippen molar-refractivity contribution in [1.29, 1.82) is 0 Å². The molecule has 1 fully saturated rings. The van der Waals surface area contributed by atoms with E-state index < -0.39 is 9.84 Å². The molecule has 2 aromatic rings. The number of rotatable bonds is 4. The quantitative estimate of drug-likeness (QED) is 0.790. The van der Waals surface area contributed by atoms with Crippen molar-refractivity contribution in [1.82, 2.24) is 9.97 Å². The van der Waals surface area contributed by atoms with Crippen molar-refractivity contribution in [2.75, 3.05) is 23.7 Å². The maximum atomic E-state index is 11.8. The molecule has 0 spiro atoms. The van der Waals surface area contributed by atoms with Crippen LogP contribution in [0.4, 0.5) is 5.82 Å². The van der Waals surface area contributed by atoms with E-state index in [2.05, 4.69) is 22.1 Å². The Bertz CT molecular complexity index is 766. The first-order valence-electron chi connectivity index (χ1n) is 7.50. The van der Waals surface area contributed by atoms with Crippen molar-refractivity contribution in [2.24, 2.45) is 0 Å². The van der Waals surface area contributed by atoms with Gasteiger partial charge in [-0.3, -0.25) is 4.98 Å². The third kappa shape index (κ3) is 4.03. The first-order valence-corrected chi connectivity index (χ1v) is 10.2. The largest absolute Gasteiger partial charge is 0.353 e. The number of aromatic nitrogens is 2. The fourth-order valence-electron chi connectivity index (χ4n) is 2.45. The Morgan fingerprint density at radius 2 is 2.04 bits per heavy atom. The second-order valence-electron chi connectivity index (χ2n) is 5.61. The average molecular weight is 349 g/mol. The van der Waals surface area contributed by atoms with Gasteiger partial charge in [0.1, 0.15) is 10.8 Å². The molecule has 1 aliphatic rings. The molecular weight excluding hydrogens is 330 g/mol. The molecule has 1 unspecified atom stereocenters. The van der Waals surface area contributed by atoms with Gasteiger partial charge in [0.25, 0.3) is 0 Å². The molecule has 1 aliphatic heterocycles. The highest BCUT2D eigenvalue weighted by Crippen LogP contribution is 2.24. The number of hydrogen-bond donors (Lipinski definition) is 0. The van der Waals surface area contributed by atoms with Crippen LogP contribution in [0.25, 0.3) is 0 Å². The Hall–Kier alpha value is -1.60. The zero-order valence-corrected chi connectivity index (χ0v) is 14.6. The van der Waals surface area contributed by atoms with Crippen LogP contribution in [0.2, 0.25) is 0 Å². The fraction of sp³-hybridized carbons (Fsp3) is 0.375. The van der Waals surface area contributed by atoms with Crippen LogP contribution in [-0.2, 0) is 15.6 Å². The molecule has 0 bridgehead atoms. The maximum Gasteiger partial charge on any atom is 0.156 e. The lowest BCUT2D eigenvalue weighted by molar-refractivity contribution is 0.568. The van der Waals surface area contributed by atoms with E-state index in [0.717, 1.165) is 16.6 Å². The van der Waals surface area contributed by atoms with Gasteiger partial charge in [0.2, 0.25) is 0 Å². The van der Waals surface area contributed by atoms with E-state index in [9.17, 15) is 8.42 Å². The van der Waals surface area contributed by atoms with Crippen LogP contribution >= 0.6 is 11.8 Å². The summed E-state index contributed by atoms with van der Waals surface area (Å²) in [6.45, 7) is 2.71. The van der Waals surface area contributed by atoms with E-state index in [-0.39, 0.29) is 11.0 Å². The molecule has 122 valence electrons. The van der Waals surface area contributed by atoms with Crippen LogP contribution in [0.5, 0.6) is 0 Å². The lowest BCUT2D eigenvalue weighted by Crippen LogP contribution is -2.45. The average Bonchev–Trinajstić information content (AvgIpc) is 2.57. The van der Waals surface area contributed by atoms with Gasteiger partial charge in [0.05, 0.1) is 23.4 Å².